The van der Waals surface area contributed by atoms with E-state index in [1.165, 1.54) is 0 Å². The first kappa shape index (κ1) is 15.5. The van der Waals surface area contributed by atoms with Crippen molar-refractivity contribution in [2.75, 3.05) is 37.8 Å². The molecule has 0 saturated heterocycles. The maximum absolute atomic E-state index is 6.01. The first-order valence-corrected chi connectivity index (χ1v) is 7.04. The van der Waals surface area contributed by atoms with Gasteiger partial charge in [0.05, 0.1) is 6.20 Å². The molecule has 1 heterocycles. The predicted molar refractivity (Wildman–Crippen MR) is 86.3 cm³/mol. The molecule has 0 spiro atoms. The summed E-state index contributed by atoms with van der Waals surface area (Å²) in [5.74, 6) is 1.13. The van der Waals surface area contributed by atoms with E-state index >= 15 is 0 Å². The topological polar surface area (TPSA) is 66.0 Å². The molecule has 0 saturated carbocycles. The molecule has 0 aliphatic heterocycles. The Kier molecular flexibility index (Phi) is 5.30. The third kappa shape index (κ3) is 4.84. The number of hydrogen-bond donors (Lipinski definition) is 2. The summed E-state index contributed by atoms with van der Waals surface area (Å²) in [7, 11) is 4.03. The molecule has 2 rings (SSSR count). The Bertz CT molecular complexity index is 602. The molecular weight excluding hydrogens is 288 g/mol. The highest BCUT2D eigenvalue weighted by atomic mass is 35.5. The van der Waals surface area contributed by atoms with E-state index in [0.717, 1.165) is 24.3 Å². The van der Waals surface area contributed by atoms with Crippen molar-refractivity contribution >= 4 is 29.1 Å². The lowest BCUT2D eigenvalue weighted by Crippen LogP contribution is -2.21. The zero-order chi connectivity index (χ0) is 15.2. The van der Waals surface area contributed by atoms with Gasteiger partial charge in [0.25, 0.3) is 0 Å². The molecular formula is C14H19ClN6. The number of hydrogen-bond acceptors (Lipinski definition) is 6. The number of aromatic nitrogens is 3. The van der Waals surface area contributed by atoms with Crippen molar-refractivity contribution in [3.63, 3.8) is 0 Å². The van der Waals surface area contributed by atoms with Gasteiger partial charge in [-0.1, -0.05) is 17.7 Å². The van der Waals surface area contributed by atoms with E-state index in [2.05, 4.69) is 30.7 Å². The summed E-state index contributed by atoms with van der Waals surface area (Å²) in [4.78, 5) is 6.46. The molecule has 0 aliphatic carbocycles. The summed E-state index contributed by atoms with van der Waals surface area (Å²) in [6.07, 6.45) is 1.58. The summed E-state index contributed by atoms with van der Waals surface area (Å²) in [5.41, 5.74) is 1.99. The normalized spacial score (nSPS) is 10.7. The van der Waals surface area contributed by atoms with Gasteiger partial charge in [-0.05, 0) is 38.7 Å². The van der Waals surface area contributed by atoms with Crippen LogP contribution in [0.2, 0.25) is 5.02 Å². The van der Waals surface area contributed by atoms with Crippen LogP contribution in [0.25, 0.3) is 0 Å². The molecule has 6 nitrogen and oxygen atoms in total. The standard InChI is InChI=1S/C14H19ClN6/c1-10-4-5-11(15)8-12(10)18-13-9-17-20-14(19-13)16-6-7-21(2)3/h4-5,8-9H,6-7H2,1-3H3,(H2,16,18,19,20). The quantitative estimate of drug-likeness (QED) is 0.855. The van der Waals surface area contributed by atoms with Gasteiger partial charge in [0.2, 0.25) is 5.95 Å². The second kappa shape index (κ2) is 7.19. The molecule has 112 valence electrons. The van der Waals surface area contributed by atoms with Gasteiger partial charge in [0.1, 0.15) is 0 Å². The minimum absolute atomic E-state index is 0.501. The van der Waals surface area contributed by atoms with Gasteiger partial charge in [-0.3, -0.25) is 0 Å². The van der Waals surface area contributed by atoms with Crippen LogP contribution in [-0.2, 0) is 0 Å². The number of aryl methyl sites for hydroxylation is 1. The van der Waals surface area contributed by atoms with Gasteiger partial charge in [0, 0.05) is 23.8 Å². The Labute approximate surface area is 129 Å². The summed E-state index contributed by atoms with van der Waals surface area (Å²) < 4.78 is 0. The van der Waals surface area contributed by atoms with Crippen molar-refractivity contribution in [1.82, 2.24) is 20.1 Å². The van der Waals surface area contributed by atoms with Crippen molar-refractivity contribution in [1.29, 1.82) is 0 Å². The van der Waals surface area contributed by atoms with Crippen LogP contribution in [0, 0.1) is 6.92 Å². The van der Waals surface area contributed by atoms with Crippen LogP contribution in [0.5, 0.6) is 0 Å². The molecule has 0 atom stereocenters. The van der Waals surface area contributed by atoms with Crippen LogP contribution in [0.1, 0.15) is 5.56 Å². The number of nitrogens with zero attached hydrogens (tertiary/aromatic N) is 4. The Morgan fingerprint density at radius 1 is 1.29 bits per heavy atom. The summed E-state index contributed by atoms with van der Waals surface area (Å²) in [5, 5.41) is 14.9. The SMILES string of the molecule is Cc1ccc(Cl)cc1Nc1cnnc(NCCN(C)C)n1. The molecule has 21 heavy (non-hydrogen) atoms. The lowest BCUT2D eigenvalue weighted by Gasteiger charge is -2.11. The second-order valence-corrected chi connectivity index (χ2v) is 5.42. The van der Waals surface area contributed by atoms with Crippen molar-refractivity contribution < 1.29 is 0 Å². The van der Waals surface area contributed by atoms with E-state index in [1.807, 2.05) is 39.2 Å². The maximum atomic E-state index is 6.01. The van der Waals surface area contributed by atoms with Gasteiger partial charge >= 0.3 is 0 Å². The average Bonchev–Trinajstić information content (AvgIpc) is 2.43. The third-order valence-corrected chi connectivity index (χ3v) is 3.10. The lowest BCUT2D eigenvalue weighted by molar-refractivity contribution is 0.425. The first-order chi connectivity index (χ1) is 10.0. The van der Waals surface area contributed by atoms with E-state index in [4.69, 9.17) is 11.6 Å². The van der Waals surface area contributed by atoms with Crippen molar-refractivity contribution in [3.8, 4) is 0 Å². The molecule has 0 bridgehead atoms. The van der Waals surface area contributed by atoms with Crippen molar-refractivity contribution in [2.45, 2.75) is 6.92 Å². The molecule has 0 aliphatic rings. The molecule has 1 aromatic heterocycles. The third-order valence-electron chi connectivity index (χ3n) is 2.86. The highest BCUT2D eigenvalue weighted by Crippen LogP contribution is 2.23. The summed E-state index contributed by atoms with van der Waals surface area (Å²) >= 11 is 6.01. The van der Waals surface area contributed by atoms with Crippen LogP contribution in [0.15, 0.2) is 24.4 Å². The number of benzene rings is 1. The van der Waals surface area contributed by atoms with Crippen molar-refractivity contribution in [2.24, 2.45) is 0 Å². The minimum atomic E-state index is 0.501. The first-order valence-electron chi connectivity index (χ1n) is 6.66. The molecule has 2 N–H and O–H groups in total. The van der Waals surface area contributed by atoms with Crippen LogP contribution in [-0.4, -0.2) is 47.3 Å². The smallest absolute Gasteiger partial charge is 0.244 e. The fraction of sp³-hybridized carbons (Fsp3) is 0.357. The van der Waals surface area contributed by atoms with Crippen LogP contribution < -0.4 is 10.6 Å². The molecule has 1 aromatic carbocycles. The Morgan fingerprint density at radius 3 is 2.86 bits per heavy atom. The maximum Gasteiger partial charge on any atom is 0.244 e. The molecule has 2 aromatic rings. The summed E-state index contributed by atoms with van der Waals surface area (Å²) in [6, 6.07) is 5.67. The highest BCUT2D eigenvalue weighted by Gasteiger charge is 2.04. The van der Waals surface area contributed by atoms with E-state index in [9.17, 15) is 0 Å². The zero-order valence-electron chi connectivity index (χ0n) is 12.4. The molecule has 0 unspecified atom stereocenters. The molecule has 0 radical (unpaired) electrons. The predicted octanol–water partition coefficient (Wildman–Crippen LogP) is 2.55. The van der Waals surface area contributed by atoms with E-state index < -0.39 is 0 Å². The van der Waals surface area contributed by atoms with Gasteiger partial charge < -0.3 is 15.5 Å². The average molecular weight is 307 g/mol. The van der Waals surface area contributed by atoms with Crippen molar-refractivity contribution in [3.05, 3.63) is 35.0 Å². The van der Waals surface area contributed by atoms with Gasteiger partial charge in [0.15, 0.2) is 5.82 Å². The van der Waals surface area contributed by atoms with Crippen LogP contribution >= 0.6 is 11.6 Å². The van der Waals surface area contributed by atoms with Crippen LogP contribution in [0.3, 0.4) is 0 Å². The fourth-order valence-electron chi connectivity index (χ4n) is 1.70. The van der Waals surface area contributed by atoms with E-state index in [0.29, 0.717) is 16.8 Å². The van der Waals surface area contributed by atoms with Gasteiger partial charge in [-0.2, -0.15) is 10.1 Å². The summed E-state index contributed by atoms with van der Waals surface area (Å²) in [6.45, 7) is 3.66. The second-order valence-electron chi connectivity index (χ2n) is 4.98. The number of likely N-dealkylation sites (N-methyl/N-ethyl adjacent to an activating group) is 1. The zero-order valence-corrected chi connectivity index (χ0v) is 13.1. The number of rotatable bonds is 6. The number of halogens is 1. The lowest BCUT2D eigenvalue weighted by atomic mass is 10.2. The Balaban J connectivity index is 2.05. The van der Waals surface area contributed by atoms with Crippen LogP contribution in [0.4, 0.5) is 17.5 Å². The minimum Gasteiger partial charge on any atom is -0.352 e. The molecule has 0 amide bonds. The number of nitrogens with one attached hydrogen (secondary N) is 2. The Morgan fingerprint density at radius 2 is 2.10 bits per heavy atom. The number of anilines is 3. The van der Waals surface area contributed by atoms with Gasteiger partial charge in [-0.25, -0.2) is 0 Å². The molecule has 0 fully saturated rings. The highest BCUT2D eigenvalue weighted by molar-refractivity contribution is 6.30. The van der Waals surface area contributed by atoms with Gasteiger partial charge in [-0.15, -0.1) is 5.10 Å². The Hall–Kier alpha value is -1.92. The van der Waals surface area contributed by atoms with E-state index in [-0.39, 0.29) is 0 Å². The fourth-order valence-corrected chi connectivity index (χ4v) is 1.87. The largest absolute Gasteiger partial charge is 0.352 e. The monoisotopic (exact) mass is 306 g/mol. The molecule has 7 heteroatoms. The van der Waals surface area contributed by atoms with E-state index in [1.54, 1.807) is 6.20 Å².